The number of hydrogen-bond donors (Lipinski definition) is 3. The molecule has 0 aliphatic carbocycles. The van der Waals surface area contributed by atoms with Crippen LogP contribution in [-0.2, 0) is 6.42 Å². The van der Waals surface area contributed by atoms with Gasteiger partial charge in [0.2, 0.25) is 0 Å². The number of carbonyl (C=O) groups is 1. The van der Waals surface area contributed by atoms with Gasteiger partial charge in [-0.15, -0.1) is 0 Å². The Labute approximate surface area is 145 Å². The van der Waals surface area contributed by atoms with Crippen LogP contribution in [0.2, 0.25) is 0 Å². The summed E-state index contributed by atoms with van der Waals surface area (Å²) in [6, 6.07) is 9.59. The number of fused-ring (bicyclic) bond motifs is 1. The van der Waals surface area contributed by atoms with E-state index in [1.165, 1.54) is 24.3 Å². The van der Waals surface area contributed by atoms with Crippen LogP contribution in [0.5, 0.6) is 17.2 Å². The first-order valence-electron chi connectivity index (χ1n) is 8.01. The van der Waals surface area contributed by atoms with Gasteiger partial charge in [0.15, 0.2) is 5.78 Å². The highest BCUT2D eigenvalue weighted by molar-refractivity contribution is 6.09. The molecule has 0 radical (unpaired) electrons. The summed E-state index contributed by atoms with van der Waals surface area (Å²) in [5.74, 6) is 0.203. The van der Waals surface area contributed by atoms with E-state index in [1.54, 1.807) is 38.1 Å². The Hall–Kier alpha value is -2.79. The number of phenols is 2. The second kappa shape index (κ2) is 6.26. The molecule has 5 heteroatoms. The lowest BCUT2D eigenvalue weighted by Gasteiger charge is -2.24. The molecule has 1 atom stereocenters. The van der Waals surface area contributed by atoms with E-state index in [1.807, 2.05) is 0 Å². The second-order valence-electron chi connectivity index (χ2n) is 6.69. The summed E-state index contributed by atoms with van der Waals surface area (Å²) in [5, 5.41) is 29.8. The number of aromatic hydroxyl groups is 2. The molecule has 2 aromatic rings. The Bertz CT molecular complexity index is 828. The molecule has 130 valence electrons. The van der Waals surface area contributed by atoms with Crippen molar-refractivity contribution in [3.05, 3.63) is 59.2 Å². The van der Waals surface area contributed by atoms with E-state index in [-0.39, 0.29) is 22.8 Å². The molecule has 3 rings (SSSR count). The van der Waals surface area contributed by atoms with Crippen LogP contribution in [0.3, 0.4) is 0 Å². The van der Waals surface area contributed by atoms with Crippen LogP contribution in [0, 0.1) is 0 Å². The van der Waals surface area contributed by atoms with Gasteiger partial charge in [-0.05, 0) is 49.8 Å². The van der Waals surface area contributed by atoms with Gasteiger partial charge in [-0.2, -0.15) is 0 Å². The summed E-state index contributed by atoms with van der Waals surface area (Å²) in [6.45, 7) is 3.29. The fourth-order valence-electron chi connectivity index (χ4n) is 2.75. The minimum atomic E-state index is -1.05. The summed E-state index contributed by atoms with van der Waals surface area (Å²) >= 11 is 0. The average Bonchev–Trinajstić information content (AvgIpc) is 3.00. The number of aliphatic hydroxyl groups is 1. The zero-order chi connectivity index (χ0) is 18.2. The predicted octanol–water partition coefficient (Wildman–Crippen LogP) is 3.07. The molecule has 2 aromatic carbocycles. The van der Waals surface area contributed by atoms with E-state index in [0.29, 0.717) is 17.7 Å². The monoisotopic (exact) mass is 340 g/mol. The molecule has 5 nitrogen and oxygen atoms in total. The topological polar surface area (TPSA) is 87.0 Å². The first-order chi connectivity index (χ1) is 11.8. The summed E-state index contributed by atoms with van der Waals surface area (Å²) in [4.78, 5) is 12.4. The van der Waals surface area contributed by atoms with Gasteiger partial charge >= 0.3 is 0 Å². The number of benzene rings is 2. The molecule has 1 aliphatic heterocycles. The predicted molar refractivity (Wildman–Crippen MR) is 94.0 cm³/mol. The Morgan fingerprint density at radius 3 is 2.48 bits per heavy atom. The van der Waals surface area contributed by atoms with Crippen molar-refractivity contribution in [2.75, 3.05) is 0 Å². The summed E-state index contributed by atoms with van der Waals surface area (Å²) in [5.41, 5.74) is 0.441. The third-order valence-electron chi connectivity index (χ3n) is 4.27. The van der Waals surface area contributed by atoms with Gasteiger partial charge in [-0.1, -0.05) is 18.2 Å². The molecule has 0 spiro atoms. The summed E-state index contributed by atoms with van der Waals surface area (Å²) in [6.07, 6.45) is 2.86. The van der Waals surface area contributed by atoms with Gasteiger partial charge in [-0.25, -0.2) is 0 Å². The standard InChI is InChI=1S/C20H20O5/c1-20(2,24)18-11-15-17(25-18)10-8-14(19(15)23)16(22)9-5-12-3-6-13(21)7-4-12/h3-10,18,21,23-24H,11H2,1-2H3. The molecule has 0 aromatic heterocycles. The highest BCUT2D eigenvalue weighted by Crippen LogP contribution is 2.40. The number of allylic oxidation sites excluding steroid dienone is 1. The van der Waals surface area contributed by atoms with Crippen molar-refractivity contribution >= 4 is 11.9 Å². The molecule has 1 aliphatic rings. The lowest BCUT2D eigenvalue weighted by atomic mass is 9.95. The van der Waals surface area contributed by atoms with Crippen molar-refractivity contribution in [1.29, 1.82) is 0 Å². The summed E-state index contributed by atoms with van der Waals surface area (Å²) in [7, 11) is 0. The van der Waals surface area contributed by atoms with Crippen LogP contribution >= 0.6 is 0 Å². The van der Waals surface area contributed by atoms with Crippen molar-refractivity contribution in [2.24, 2.45) is 0 Å². The van der Waals surface area contributed by atoms with Gasteiger partial charge < -0.3 is 20.1 Å². The van der Waals surface area contributed by atoms with E-state index < -0.39 is 11.7 Å². The highest BCUT2D eigenvalue weighted by atomic mass is 16.5. The maximum Gasteiger partial charge on any atom is 0.189 e. The quantitative estimate of drug-likeness (QED) is 0.588. The number of hydrogen-bond acceptors (Lipinski definition) is 5. The largest absolute Gasteiger partial charge is 0.508 e. The normalized spacial score (nSPS) is 16.7. The third-order valence-corrected chi connectivity index (χ3v) is 4.27. The van der Waals surface area contributed by atoms with E-state index in [2.05, 4.69) is 0 Å². The van der Waals surface area contributed by atoms with Crippen LogP contribution in [0.4, 0.5) is 0 Å². The molecule has 0 saturated heterocycles. The van der Waals surface area contributed by atoms with Crippen molar-refractivity contribution in [1.82, 2.24) is 0 Å². The molecule has 3 N–H and O–H groups in total. The third kappa shape index (κ3) is 3.51. The van der Waals surface area contributed by atoms with E-state index in [0.717, 1.165) is 5.56 Å². The van der Waals surface area contributed by atoms with E-state index in [4.69, 9.17) is 4.74 Å². The van der Waals surface area contributed by atoms with Crippen molar-refractivity contribution in [3.63, 3.8) is 0 Å². The van der Waals surface area contributed by atoms with Gasteiger partial charge in [0.25, 0.3) is 0 Å². The SMILES string of the molecule is CC(C)(O)C1Cc2c(ccc(C(=O)C=Cc3ccc(O)cc3)c2O)O1. The van der Waals surface area contributed by atoms with Crippen LogP contribution in [0.15, 0.2) is 42.5 Å². The second-order valence-corrected chi connectivity index (χ2v) is 6.69. The number of ether oxygens (including phenoxy) is 1. The lowest BCUT2D eigenvalue weighted by Crippen LogP contribution is -2.39. The van der Waals surface area contributed by atoms with Crippen molar-refractivity contribution < 1.29 is 24.9 Å². The average molecular weight is 340 g/mol. The summed E-state index contributed by atoms with van der Waals surface area (Å²) < 4.78 is 5.66. The molecule has 0 amide bonds. The smallest absolute Gasteiger partial charge is 0.189 e. The minimum Gasteiger partial charge on any atom is -0.508 e. The Kier molecular flexibility index (Phi) is 4.27. The molecular formula is C20H20O5. The van der Waals surface area contributed by atoms with Gasteiger partial charge in [0.1, 0.15) is 23.4 Å². The first kappa shape index (κ1) is 17.0. The minimum absolute atomic E-state index is 0.107. The molecule has 0 fully saturated rings. The van der Waals surface area contributed by atoms with Gasteiger partial charge in [0.05, 0.1) is 11.2 Å². The Morgan fingerprint density at radius 1 is 1.16 bits per heavy atom. The highest BCUT2D eigenvalue weighted by Gasteiger charge is 2.37. The molecule has 25 heavy (non-hydrogen) atoms. The van der Waals surface area contributed by atoms with Crippen LogP contribution < -0.4 is 4.74 Å². The molecule has 0 saturated carbocycles. The Balaban J connectivity index is 1.83. The fraction of sp³-hybridized carbons (Fsp3) is 0.250. The maximum atomic E-state index is 12.4. The lowest BCUT2D eigenvalue weighted by molar-refractivity contribution is -0.0229. The van der Waals surface area contributed by atoms with Gasteiger partial charge in [0, 0.05) is 12.0 Å². The van der Waals surface area contributed by atoms with Crippen molar-refractivity contribution in [3.8, 4) is 17.2 Å². The fourth-order valence-corrected chi connectivity index (χ4v) is 2.75. The molecule has 1 heterocycles. The zero-order valence-electron chi connectivity index (χ0n) is 14.1. The molecule has 0 bridgehead atoms. The van der Waals surface area contributed by atoms with Crippen LogP contribution in [0.25, 0.3) is 6.08 Å². The first-order valence-corrected chi connectivity index (χ1v) is 8.01. The maximum absolute atomic E-state index is 12.4. The Morgan fingerprint density at radius 2 is 1.84 bits per heavy atom. The van der Waals surface area contributed by atoms with Crippen LogP contribution in [0.1, 0.15) is 35.3 Å². The molecular weight excluding hydrogens is 320 g/mol. The number of carbonyl (C=O) groups excluding carboxylic acids is 1. The van der Waals surface area contributed by atoms with Crippen molar-refractivity contribution in [2.45, 2.75) is 32.0 Å². The number of rotatable bonds is 4. The van der Waals surface area contributed by atoms with E-state index >= 15 is 0 Å². The number of ketones is 1. The number of phenolic OH excluding ortho intramolecular Hbond substituents is 2. The van der Waals surface area contributed by atoms with Crippen LogP contribution in [-0.4, -0.2) is 32.8 Å². The van der Waals surface area contributed by atoms with E-state index in [9.17, 15) is 20.1 Å². The zero-order valence-corrected chi connectivity index (χ0v) is 14.1. The molecule has 1 unspecified atom stereocenters. The van der Waals surface area contributed by atoms with Gasteiger partial charge in [-0.3, -0.25) is 4.79 Å².